The van der Waals surface area contributed by atoms with Gasteiger partial charge in [-0.25, -0.2) is 4.79 Å². The summed E-state index contributed by atoms with van der Waals surface area (Å²) < 4.78 is 4.77. The summed E-state index contributed by atoms with van der Waals surface area (Å²) >= 11 is 20.0. The van der Waals surface area contributed by atoms with Crippen LogP contribution in [0.25, 0.3) is 0 Å². The van der Waals surface area contributed by atoms with Crippen LogP contribution in [0.4, 0.5) is 0 Å². The van der Waals surface area contributed by atoms with Crippen molar-refractivity contribution in [1.29, 1.82) is 0 Å². The fourth-order valence-electron chi connectivity index (χ4n) is 2.79. The first-order chi connectivity index (χ1) is 9.32. The van der Waals surface area contributed by atoms with Gasteiger partial charge in [-0.1, -0.05) is 11.6 Å². The van der Waals surface area contributed by atoms with Crippen molar-refractivity contribution >= 4 is 58.4 Å². The maximum Gasteiger partial charge on any atom is 0.354 e. The van der Waals surface area contributed by atoms with Crippen LogP contribution in [0.3, 0.4) is 0 Å². The van der Waals surface area contributed by atoms with Crippen LogP contribution in [0.5, 0.6) is 0 Å². The van der Waals surface area contributed by atoms with E-state index in [2.05, 4.69) is 5.32 Å². The topological polar surface area (TPSA) is 58.6 Å². The Morgan fingerprint density at radius 2 is 2.20 bits per heavy atom. The smallest absolute Gasteiger partial charge is 0.354 e. The van der Waals surface area contributed by atoms with Crippen molar-refractivity contribution in [2.45, 2.75) is 33.4 Å². The molecule has 3 aliphatic heterocycles. The number of carbonyl (C=O) groups excluding carboxylic acids is 2. The number of alkyl halides is 3. The van der Waals surface area contributed by atoms with Gasteiger partial charge in [0, 0.05) is 0 Å². The number of carbonyl (C=O) groups is 2. The molecule has 3 aliphatic rings. The van der Waals surface area contributed by atoms with Gasteiger partial charge in [-0.3, -0.25) is 15.0 Å². The molecule has 20 heavy (non-hydrogen) atoms. The largest absolute Gasteiger partial charge is 0.464 e. The number of halogens is 3. The minimum Gasteiger partial charge on any atom is -0.464 e. The minimum atomic E-state index is -1.19. The Balaban J connectivity index is 2.13. The molecule has 1 amide bonds. The maximum absolute atomic E-state index is 12.2. The highest BCUT2D eigenvalue weighted by atomic mass is 35.5. The Morgan fingerprint density at radius 3 is 2.75 bits per heavy atom. The number of ether oxygens (including phenoxy) is 1. The van der Waals surface area contributed by atoms with Crippen molar-refractivity contribution in [2.75, 3.05) is 7.11 Å². The molecule has 2 unspecified atom stereocenters. The van der Waals surface area contributed by atoms with Crippen LogP contribution in [0.2, 0.25) is 0 Å². The zero-order valence-corrected chi connectivity index (χ0v) is 13.6. The van der Waals surface area contributed by atoms with Crippen LogP contribution >= 0.6 is 46.6 Å². The lowest BCUT2D eigenvalue weighted by molar-refractivity contribution is -0.151. The molecule has 0 saturated carbocycles. The number of rotatable bonds is 2. The third-order valence-corrected chi connectivity index (χ3v) is 7.13. The van der Waals surface area contributed by atoms with Gasteiger partial charge in [-0.2, -0.15) is 0 Å². The van der Waals surface area contributed by atoms with Gasteiger partial charge in [0.15, 0.2) is 0 Å². The second kappa shape index (κ2) is 4.68. The van der Waals surface area contributed by atoms with E-state index >= 15 is 0 Å². The van der Waals surface area contributed by atoms with Crippen molar-refractivity contribution in [3.8, 4) is 0 Å². The van der Waals surface area contributed by atoms with Crippen LogP contribution in [-0.4, -0.2) is 50.4 Å². The van der Waals surface area contributed by atoms with Gasteiger partial charge in [0.1, 0.15) is 26.9 Å². The molecule has 0 spiro atoms. The van der Waals surface area contributed by atoms with Gasteiger partial charge in [0.2, 0.25) is 5.91 Å². The van der Waals surface area contributed by atoms with E-state index in [-0.39, 0.29) is 22.2 Å². The molecule has 2 bridgehead atoms. The first kappa shape index (κ1) is 14.8. The Bertz CT molecular complexity index is 541. The molecule has 9 heteroatoms. The summed E-state index contributed by atoms with van der Waals surface area (Å²) in [6, 6.07) is -0.485. The Labute approximate surface area is 134 Å². The SMILES string of the molecule is COC(=O)C1=C(C)C2S[C@H]3[C@@H](NC2(Cl)C(Cl)Cl)C(=O)N13. The van der Waals surface area contributed by atoms with E-state index in [0.717, 1.165) is 0 Å². The molecular weight excluding hydrogens is 347 g/mol. The number of fused-ring (bicyclic) bond motifs is 1. The summed E-state index contributed by atoms with van der Waals surface area (Å²) in [5, 5.41) is 2.53. The molecule has 2 fully saturated rings. The van der Waals surface area contributed by atoms with Gasteiger partial charge < -0.3 is 4.74 Å². The highest BCUT2D eigenvalue weighted by Crippen LogP contribution is 2.54. The van der Waals surface area contributed by atoms with Crippen molar-refractivity contribution in [1.82, 2.24) is 10.2 Å². The minimum absolute atomic E-state index is 0.177. The third kappa shape index (κ3) is 1.69. The second-order valence-corrected chi connectivity index (χ2v) is 7.78. The molecule has 4 atom stereocenters. The first-order valence-corrected chi connectivity index (χ1v) is 8.04. The molecule has 2 saturated heterocycles. The molecule has 110 valence electrons. The van der Waals surface area contributed by atoms with Gasteiger partial charge in [-0.15, -0.1) is 35.0 Å². The van der Waals surface area contributed by atoms with Crippen molar-refractivity contribution < 1.29 is 14.3 Å². The van der Waals surface area contributed by atoms with Gasteiger partial charge >= 0.3 is 5.97 Å². The number of thioether (sulfide) groups is 1. The Morgan fingerprint density at radius 1 is 1.55 bits per heavy atom. The Kier molecular flexibility index (Phi) is 3.46. The number of esters is 1. The zero-order valence-electron chi connectivity index (χ0n) is 10.5. The van der Waals surface area contributed by atoms with Crippen molar-refractivity contribution in [3.05, 3.63) is 11.3 Å². The number of nitrogens with zero attached hydrogens (tertiary/aromatic N) is 1. The molecule has 0 aliphatic carbocycles. The lowest BCUT2D eigenvalue weighted by Gasteiger charge is -2.60. The number of β-lactam (4-membered cyclic amide) rings is 1. The number of methoxy groups -OCH3 is 1. The maximum atomic E-state index is 12.2. The molecule has 5 nitrogen and oxygen atoms in total. The van der Waals surface area contributed by atoms with E-state index in [1.807, 2.05) is 0 Å². The third-order valence-electron chi connectivity index (χ3n) is 3.78. The van der Waals surface area contributed by atoms with Gasteiger partial charge in [-0.05, 0) is 12.5 Å². The van der Waals surface area contributed by atoms with Crippen LogP contribution in [0.15, 0.2) is 11.3 Å². The standard InChI is InChI=1S/C11H11Cl3N2O3S/c1-3-5(9(18)19-2)16-7(17)4-8(16)20-6(3)11(14,15-4)10(12)13/h4,6,8,10,15H,1-2H3/t4-,6?,8-,11?/m0/s1. The highest BCUT2D eigenvalue weighted by molar-refractivity contribution is 8.01. The quantitative estimate of drug-likeness (QED) is 0.351. The molecular formula is C11H11Cl3N2O3S. The average molecular weight is 358 g/mol. The summed E-state index contributed by atoms with van der Waals surface area (Å²) in [7, 11) is 1.28. The van der Waals surface area contributed by atoms with E-state index in [0.29, 0.717) is 5.57 Å². The van der Waals surface area contributed by atoms with Crippen LogP contribution < -0.4 is 5.32 Å². The van der Waals surface area contributed by atoms with E-state index in [4.69, 9.17) is 39.5 Å². The normalized spacial score (nSPS) is 39.0. The average Bonchev–Trinajstić information content (AvgIpc) is 2.42. The van der Waals surface area contributed by atoms with Crippen molar-refractivity contribution in [3.63, 3.8) is 0 Å². The summed E-state index contributed by atoms with van der Waals surface area (Å²) in [5.74, 6) is -0.773. The second-order valence-electron chi connectivity index (χ2n) is 4.83. The molecule has 3 rings (SSSR count). The van der Waals surface area contributed by atoms with Crippen LogP contribution in [0.1, 0.15) is 6.92 Å². The molecule has 0 radical (unpaired) electrons. The molecule has 1 N–H and O–H groups in total. The molecule has 0 aromatic heterocycles. The lowest BCUT2D eigenvalue weighted by atomic mass is 9.93. The van der Waals surface area contributed by atoms with Crippen LogP contribution in [-0.2, 0) is 14.3 Å². The van der Waals surface area contributed by atoms with E-state index < -0.39 is 21.8 Å². The summed E-state index contributed by atoms with van der Waals surface area (Å²) in [5.41, 5.74) is 0.890. The highest BCUT2D eigenvalue weighted by Gasteiger charge is 2.65. The van der Waals surface area contributed by atoms with E-state index in [1.54, 1.807) is 6.92 Å². The summed E-state index contributed by atoms with van der Waals surface area (Å²) in [6.45, 7) is 1.74. The lowest BCUT2D eigenvalue weighted by Crippen LogP contribution is -2.79. The number of amides is 1. The van der Waals surface area contributed by atoms with Gasteiger partial charge in [0.05, 0.1) is 12.4 Å². The molecule has 3 heterocycles. The van der Waals surface area contributed by atoms with Crippen molar-refractivity contribution in [2.24, 2.45) is 0 Å². The predicted molar refractivity (Wildman–Crippen MR) is 77.7 cm³/mol. The fraction of sp³-hybridized carbons (Fsp3) is 0.636. The number of hydrogen-bond donors (Lipinski definition) is 1. The first-order valence-electron chi connectivity index (χ1n) is 5.85. The molecule has 0 aromatic carbocycles. The monoisotopic (exact) mass is 356 g/mol. The Hall–Kier alpha value is -0.140. The van der Waals surface area contributed by atoms with Crippen LogP contribution in [0, 0.1) is 0 Å². The fourth-order valence-corrected chi connectivity index (χ4v) is 5.42. The predicted octanol–water partition coefficient (Wildman–Crippen LogP) is 1.43. The number of hydrogen-bond acceptors (Lipinski definition) is 5. The summed E-state index contributed by atoms with van der Waals surface area (Å²) in [4.78, 5) is 23.5. The molecule has 0 aromatic rings. The summed E-state index contributed by atoms with van der Waals surface area (Å²) in [6.07, 6.45) is 0. The van der Waals surface area contributed by atoms with E-state index in [9.17, 15) is 9.59 Å². The van der Waals surface area contributed by atoms with Gasteiger partial charge in [0.25, 0.3) is 0 Å². The number of nitrogens with one attached hydrogen (secondary N) is 1. The zero-order chi connectivity index (χ0) is 14.8. The van der Waals surface area contributed by atoms with E-state index in [1.165, 1.54) is 23.8 Å².